The fourth-order valence-electron chi connectivity index (χ4n) is 4.32. The maximum absolute atomic E-state index is 13.3. The predicted octanol–water partition coefficient (Wildman–Crippen LogP) is 4.39. The first kappa shape index (κ1) is 25.0. The number of hydrogen-bond acceptors (Lipinski definition) is 6. The molecule has 2 heterocycles. The Balaban J connectivity index is 1.70. The summed E-state index contributed by atoms with van der Waals surface area (Å²) in [6, 6.07) is 15.7. The fraction of sp³-hybridized carbons (Fsp3) is 0.333. The van der Waals surface area contributed by atoms with Crippen LogP contribution in [0.4, 0.5) is 0 Å². The first-order valence-corrected chi connectivity index (χ1v) is 12.2. The maximum atomic E-state index is 13.3. The van der Waals surface area contributed by atoms with E-state index >= 15 is 0 Å². The molecule has 2 aromatic heterocycles. The Morgan fingerprint density at radius 2 is 1.81 bits per heavy atom. The molecule has 0 spiro atoms. The average Bonchev–Trinajstić information content (AvgIpc) is 3.50. The van der Waals surface area contributed by atoms with Crippen molar-refractivity contribution in [3.8, 4) is 22.5 Å². The van der Waals surface area contributed by atoms with Gasteiger partial charge >= 0.3 is 5.69 Å². The number of hydrogen-bond donors (Lipinski definition) is 1. The number of rotatable bonds is 10. The van der Waals surface area contributed by atoms with E-state index in [1.165, 1.54) is 0 Å². The van der Waals surface area contributed by atoms with Crippen molar-refractivity contribution in [3.05, 3.63) is 76.0 Å². The number of benzene rings is 2. The highest BCUT2D eigenvalue weighted by Crippen LogP contribution is 2.30. The monoisotopic (exact) mass is 486 g/mol. The number of aromatic nitrogens is 6. The number of nitrogens with zero attached hydrogens (tertiary/aromatic N) is 5. The zero-order chi connectivity index (χ0) is 25.7. The van der Waals surface area contributed by atoms with Gasteiger partial charge in [-0.05, 0) is 47.1 Å². The Bertz CT molecular complexity index is 1400. The summed E-state index contributed by atoms with van der Waals surface area (Å²) in [6.45, 7) is 6.33. The molecular weight excluding hydrogens is 456 g/mol. The van der Waals surface area contributed by atoms with Crippen LogP contribution in [0.2, 0.25) is 0 Å². The van der Waals surface area contributed by atoms with Gasteiger partial charge in [0.1, 0.15) is 5.69 Å². The number of tetrazole rings is 1. The van der Waals surface area contributed by atoms with E-state index in [4.69, 9.17) is 0 Å². The molecule has 0 fully saturated rings. The highest BCUT2D eigenvalue weighted by atomic mass is 16.2. The first-order chi connectivity index (χ1) is 17.4. The van der Waals surface area contributed by atoms with E-state index in [9.17, 15) is 14.4 Å². The van der Waals surface area contributed by atoms with E-state index in [2.05, 4.69) is 34.5 Å². The van der Waals surface area contributed by atoms with Crippen molar-refractivity contribution in [2.45, 2.75) is 53.0 Å². The Hall–Kier alpha value is -4.14. The summed E-state index contributed by atoms with van der Waals surface area (Å²) in [6.07, 6.45) is 2.80. The van der Waals surface area contributed by atoms with Gasteiger partial charge in [0.05, 0.1) is 12.2 Å². The third kappa shape index (κ3) is 5.10. The second-order valence-electron chi connectivity index (χ2n) is 9.21. The molecule has 0 aliphatic rings. The standard InChI is InChI=1S/C27H30N6O3/c1-4-7-25(35)33-24(17-34)23(15-10-18(2)3)32(27(33)36)16-19-11-13-20(14-12-19)21-8-5-6-9-22(21)26-28-30-31-29-26/h5-6,8-9,11-14,17-18H,4,7,10,15-16H2,1-3H3,(H,28,29,30,31). The number of carbonyl (C=O) groups is 2. The minimum absolute atomic E-state index is 0.171. The summed E-state index contributed by atoms with van der Waals surface area (Å²) in [5.74, 6) is 0.555. The van der Waals surface area contributed by atoms with Crippen molar-refractivity contribution in [1.82, 2.24) is 29.8 Å². The van der Waals surface area contributed by atoms with Gasteiger partial charge in [-0.1, -0.05) is 69.3 Å². The van der Waals surface area contributed by atoms with Crippen LogP contribution in [-0.2, 0) is 13.0 Å². The average molecular weight is 487 g/mol. The molecule has 0 saturated heterocycles. The Labute approximate surface area is 209 Å². The zero-order valence-corrected chi connectivity index (χ0v) is 20.8. The molecular formula is C27H30N6O3. The van der Waals surface area contributed by atoms with Crippen LogP contribution in [0, 0.1) is 5.92 Å². The van der Waals surface area contributed by atoms with Crippen molar-refractivity contribution in [2.75, 3.05) is 0 Å². The molecule has 1 N–H and O–H groups in total. The quantitative estimate of drug-likeness (QED) is 0.333. The molecule has 0 aliphatic heterocycles. The number of nitrogens with one attached hydrogen (secondary N) is 1. The van der Waals surface area contributed by atoms with Crippen LogP contribution in [0.15, 0.2) is 53.3 Å². The molecule has 0 amide bonds. The molecule has 0 unspecified atom stereocenters. The molecule has 0 saturated carbocycles. The third-order valence-corrected chi connectivity index (χ3v) is 6.19. The molecule has 0 radical (unpaired) electrons. The SMILES string of the molecule is CCCC(=O)n1c(C=O)c(CCC(C)C)n(Cc2ccc(-c3ccccc3-c3nn[nH]n3)cc2)c1=O. The normalized spacial score (nSPS) is 11.2. The molecule has 4 rings (SSSR count). The van der Waals surface area contributed by atoms with Gasteiger partial charge in [-0.15, -0.1) is 10.2 Å². The Kier molecular flexibility index (Phi) is 7.68. The highest BCUT2D eigenvalue weighted by molar-refractivity contribution is 5.87. The first-order valence-electron chi connectivity index (χ1n) is 12.2. The van der Waals surface area contributed by atoms with Crippen molar-refractivity contribution in [2.24, 2.45) is 5.92 Å². The van der Waals surface area contributed by atoms with Gasteiger partial charge in [0, 0.05) is 12.0 Å². The lowest BCUT2D eigenvalue weighted by Crippen LogP contribution is -2.30. The fourth-order valence-corrected chi connectivity index (χ4v) is 4.32. The Morgan fingerprint density at radius 3 is 2.42 bits per heavy atom. The van der Waals surface area contributed by atoms with Gasteiger partial charge in [0.25, 0.3) is 0 Å². The molecule has 0 atom stereocenters. The third-order valence-electron chi connectivity index (χ3n) is 6.19. The summed E-state index contributed by atoms with van der Waals surface area (Å²) in [5, 5.41) is 14.3. The van der Waals surface area contributed by atoms with Gasteiger partial charge < -0.3 is 0 Å². The van der Waals surface area contributed by atoms with Crippen LogP contribution in [-0.4, -0.2) is 42.0 Å². The Morgan fingerprint density at radius 1 is 1.08 bits per heavy atom. The summed E-state index contributed by atoms with van der Waals surface area (Å²) in [5.41, 5.74) is 4.00. The number of imidazole rings is 1. The van der Waals surface area contributed by atoms with Crippen LogP contribution in [0.1, 0.15) is 66.6 Å². The lowest BCUT2D eigenvalue weighted by atomic mass is 9.98. The van der Waals surface area contributed by atoms with Crippen LogP contribution >= 0.6 is 0 Å². The number of aldehydes is 1. The number of carbonyl (C=O) groups excluding carboxylic acids is 2. The lowest BCUT2D eigenvalue weighted by molar-refractivity contribution is 0.0886. The topological polar surface area (TPSA) is 116 Å². The van der Waals surface area contributed by atoms with E-state index in [0.29, 0.717) is 36.6 Å². The van der Waals surface area contributed by atoms with E-state index in [0.717, 1.165) is 33.2 Å². The molecule has 186 valence electrons. The van der Waals surface area contributed by atoms with Crippen LogP contribution in [0.3, 0.4) is 0 Å². The minimum Gasteiger partial charge on any atom is -0.296 e. The maximum Gasteiger partial charge on any atom is 0.336 e. The predicted molar refractivity (Wildman–Crippen MR) is 137 cm³/mol. The highest BCUT2D eigenvalue weighted by Gasteiger charge is 2.23. The molecule has 4 aromatic rings. The van der Waals surface area contributed by atoms with Gasteiger partial charge in [0.15, 0.2) is 6.29 Å². The van der Waals surface area contributed by atoms with Gasteiger partial charge in [0.2, 0.25) is 11.7 Å². The van der Waals surface area contributed by atoms with Gasteiger partial charge in [-0.2, -0.15) is 5.21 Å². The van der Waals surface area contributed by atoms with Crippen molar-refractivity contribution in [1.29, 1.82) is 0 Å². The largest absolute Gasteiger partial charge is 0.336 e. The molecule has 0 aliphatic carbocycles. The summed E-state index contributed by atoms with van der Waals surface area (Å²) >= 11 is 0. The van der Waals surface area contributed by atoms with Crippen LogP contribution in [0.5, 0.6) is 0 Å². The number of aromatic amines is 1. The molecule has 2 aromatic carbocycles. The van der Waals surface area contributed by atoms with Crippen molar-refractivity contribution < 1.29 is 9.59 Å². The van der Waals surface area contributed by atoms with Gasteiger partial charge in [-0.3, -0.25) is 14.2 Å². The second kappa shape index (κ2) is 11.1. The molecule has 9 nitrogen and oxygen atoms in total. The number of H-pyrrole nitrogens is 1. The van der Waals surface area contributed by atoms with Gasteiger partial charge in [-0.25, -0.2) is 9.36 Å². The molecule has 0 bridgehead atoms. The smallest absolute Gasteiger partial charge is 0.296 e. The zero-order valence-electron chi connectivity index (χ0n) is 20.8. The van der Waals surface area contributed by atoms with Crippen molar-refractivity contribution in [3.63, 3.8) is 0 Å². The lowest BCUT2D eigenvalue weighted by Gasteiger charge is -2.11. The second-order valence-corrected chi connectivity index (χ2v) is 9.21. The van der Waals surface area contributed by atoms with E-state index in [-0.39, 0.29) is 24.6 Å². The minimum atomic E-state index is -0.458. The van der Waals surface area contributed by atoms with Crippen LogP contribution < -0.4 is 5.69 Å². The molecule has 9 heteroatoms. The summed E-state index contributed by atoms with van der Waals surface area (Å²) in [4.78, 5) is 38.0. The summed E-state index contributed by atoms with van der Waals surface area (Å²) in [7, 11) is 0. The van der Waals surface area contributed by atoms with Crippen LogP contribution in [0.25, 0.3) is 22.5 Å². The van der Waals surface area contributed by atoms with Crippen molar-refractivity contribution >= 4 is 12.2 Å². The van der Waals surface area contributed by atoms with E-state index < -0.39 is 5.69 Å². The summed E-state index contributed by atoms with van der Waals surface area (Å²) < 4.78 is 2.63. The van der Waals surface area contributed by atoms with E-state index in [1.54, 1.807) is 4.57 Å². The van der Waals surface area contributed by atoms with E-state index in [1.807, 2.05) is 55.5 Å². The molecule has 36 heavy (non-hydrogen) atoms.